The summed E-state index contributed by atoms with van der Waals surface area (Å²) in [5.41, 5.74) is -1.50. The Morgan fingerprint density at radius 1 is 1.05 bits per heavy atom. The van der Waals surface area contributed by atoms with Crippen LogP contribution in [0, 0.1) is 62.6 Å². The van der Waals surface area contributed by atoms with Gasteiger partial charge >= 0.3 is 6.18 Å². The van der Waals surface area contributed by atoms with Crippen molar-refractivity contribution >= 4 is 17.5 Å². The molecule has 5 nitrogen and oxygen atoms in total. The molecule has 5 aliphatic carbocycles. The first kappa shape index (κ1) is 27.4. The van der Waals surface area contributed by atoms with E-state index >= 15 is 0 Å². The van der Waals surface area contributed by atoms with Gasteiger partial charge in [0.05, 0.1) is 11.0 Å². The topological polar surface area (TPSA) is 87.0 Å². The van der Waals surface area contributed by atoms with Crippen molar-refractivity contribution in [3.63, 3.8) is 0 Å². The predicted octanol–water partition coefficient (Wildman–Crippen LogP) is 5.94. The van der Waals surface area contributed by atoms with Gasteiger partial charge in [0, 0.05) is 18.8 Å². The Kier molecular flexibility index (Phi) is 6.25. The Balaban J connectivity index is 1.52. The monoisotopic (exact) mass is 532 g/mol. The second kappa shape index (κ2) is 8.66. The lowest BCUT2D eigenvalue weighted by molar-refractivity contribution is -0.188. The Labute approximate surface area is 223 Å². The third-order valence-corrected chi connectivity index (χ3v) is 11.8. The minimum Gasteiger partial charge on any atom is -0.346 e. The molecule has 0 saturated heterocycles. The van der Waals surface area contributed by atoms with Gasteiger partial charge < -0.3 is 5.32 Å². The number of allylic oxidation sites excluding steroid dienone is 2. The normalized spacial score (nSPS) is 43.9. The summed E-state index contributed by atoms with van der Waals surface area (Å²) in [4.78, 5) is 40.2. The van der Waals surface area contributed by atoms with Gasteiger partial charge in [-0.05, 0) is 84.9 Å². The summed E-state index contributed by atoms with van der Waals surface area (Å²) < 4.78 is 39.1. The minimum atomic E-state index is -4.49. The third kappa shape index (κ3) is 4.05. The smallest absolute Gasteiger partial charge is 0.346 e. The molecule has 8 atom stereocenters. The number of hydrogen-bond acceptors (Lipinski definition) is 4. The second-order valence-corrected chi connectivity index (χ2v) is 14.2. The lowest BCUT2D eigenvalue weighted by Crippen LogP contribution is -2.65. The van der Waals surface area contributed by atoms with Gasteiger partial charge in [0.1, 0.15) is 18.4 Å². The molecule has 0 radical (unpaired) electrons. The zero-order chi connectivity index (χ0) is 27.9. The van der Waals surface area contributed by atoms with E-state index in [9.17, 15) is 32.8 Å². The SMILES string of the molecule is CC1(C)CCC2(C(=O)NCC(F)(F)F)CCC3C(C(=O)CC4C5(C)C=C(C#N)C(=O)CC5CCC34C)C2C1. The maximum atomic E-state index is 14.1. The first-order valence-electron chi connectivity index (χ1n) is 14.1. The number of nitriles is 1. The molecule has 0 spiro atoms. The van der Waals surface area contributed by atoms with E-state index in [1.165, 1.54) is 0 Å². The van der Waals surface area contributed by atoms with Crippen LogP contribution < -0.4 is 5.32 Å². The molecule has 38 heavy (non-hydrogen) atoms. The Morgan fingerprint density at radius 3 is 2.42 bits per heavy atom. The molecule has 4 fully saturated rings. The van der Waals surface area contributed by atoms with Crippen LogP contribution in [0.25, 0.3) is 0 Å². The van der Waals surface area contributed by atoms with Crippen molar-refractivity contribution in [3.8, 4) is 6.07 Å². The van der Waals surface area contributed by atoms with Gasteiger partial charge in [0.15, 0.2) is 5.78 Å². The number of ketones is 2. The van der Waals surface area contributed by atoms with Crippen LogP contribution in [0.15, 0.2) is 11.6 Å². The molecule has 5 rings (SSSR count). The molecule has 8 unspecified atom stereocenters. The second-order valence-electron chi connectivity index (χ2n) is 14.2. The highest BCUT2D eigenvalue weighted by atomic mass is 19.4. The largest absolute Gasteiger partial charge is 0.405 e. The van der Waals surface area contributed by atoms with Gasteiger partial charge in [0.2, 0.25) is 5.91 Å². The van der Waals surface area contributed by atoms with Crippen LogP contribution in [-0.4, -0.2) is 30.2 Å². The molecular weight excluding hydrogens is 493 g/mol. The van der Waals surface area contributed by atoms with Crippen molar-refractivity contribution in [2.75, 3.05) is 6.54 Å². The highest BCUT2D eigenvalue weighted by Gasteiger charge is 2.67. The molecule has 4 saturated carbocycles. The van der Waals surface area contributed by atoms with Gasteiger partial charge in [-0.1, -0.05) is 33.8 Å². The zero-order valence-corrected chi connectivity index (χ0v) is 22.8. The molecule has 1 amide bonds. The molecule has 0 aliphatic heterocycles. The average molecular weight is 533 g/mol. The van der Waals surface area contributed by atoms with Crippen LogP contribution in [0.1, 0.15) is 85.5 Å². The van der Waals surface area contributed by atoms with Gasteiger partial charge in [0.25, 0.3) is 0 Å². The number of nitrogens with zero attached hydrogens (tertiary/aromatic N) is 1. The number of amides is 1. The number of hydrogen-bond donors (Lipinski definition) is 1. The average Bonchev–Trinajstić information content (AvgIpc) is 2.83. The van der Waals surface area contributed by atoms with Gasteiger partial charge in [-0.2, -0.15) is 18.4 Å². The number of fused-ring (bicyclic) bond motifs is 7. The van der Waals surface area contributed by atoms with E-state index in [2.05, 4.69) is 39.1 Å². The first-order chi connectivity index (χ1) is 17.6. The predicted molar refractivity (Wildman–Crippen MR) is 134 cm³/mol. The molecule has 0 bridgehead atoms. The summed E-state index contributed by atoms with van der Waals surface area (Å²) in [6.45, 7) is 7.28. The number of nitrogens with one attached hydrogen (secondary N) is 1. The van der Waals surface area contributed by atoms with Crippen molar-refractivity contribution < 1.29 is 27.6 Å². The molecule has 8 heteroatoms. The highest BCUT2D eigenvalue weighted by molar-refractivity contribution is 6.00. The number of halogens is 3. The van der Waals surface area contributed by atoms with Crippen LogP contribution in [0.5, 0.6) is 0 Å². The van der Waals surface area contributed by atoms with E-state index in [0.717, 1.165) is 19.3 Å². The lowest BCUT2D eigenvalue weighted by atomic mass is 9.37. The number of alkyl halides is 3. The summed E-state index contributed by atoms with van der Waals surface area (Å²) in [5.74, 6) is -1.07. The number of carbonyl (C=O) groups excluding carboxylic acids is 3. The fourth-order valence-electron chi connectivity index (χ4n) is 9.79. The molecule has 5 aliphatic rings. The van der Waals surface area contributed by atoms with Gasteiger partial charge in [-0.3, -0.25) is 14.4 Å². The van der Waals surface area contributed by atoms with E-state index in [0.29, 0.717) is 38.5 Å². The first-order valence-corrected chi connectivity index (χ1v) is 14.1. The lowest BCUT2D eigenvalue weighted by Gasteiger charge is -2.66. The molecular formula is C30H39F3N2O3. The number of rotatable bonds is 2. The van der Waals surface area contributed by atoms with E-state index in [1.54, 1.807) is 0 Å². The molecule has 0 aromatic rings. The summed E-state index contributed by atoms with van der Waals surface area (Å²) >= 11 is 0. The quantitative estimate of drug-likeness (QED) is 0.477. The van der Waals surface area contributed by atoms with Crippen molar-refractivity contribution in [3.05, 3.63) is 11.6 Å². The fourth-order valence-corrected chi connectivity index (χ4v) is 9.79. The number of carbonyl (C=O) groups is 3. The van der Waals surface area contributed by atoms with Crippen LogP contribution in [0.2, 0.25) is 0 Å². The van der Waals surface area contributed by atoms with E-state index in [4.69, 9.17) is 0 Å². The summed E-state index contributed by atoms with van der Waals surface area (Å²) in [6, 6.07) is 2.08. The van der Waals surface area contributed by atoms with Crippen LogP contribution >= 0.6 is 0 Å². The molecule has 1 N–H and O–H groups in total. The fraction of sp³-hybridized carbons (Fsp3) is 0.800. The van der Waals surface area contributed by atoms with E-state index in [-0.39, 0.29) is 57.6 Å². The molecule has 0 heterocycles. The summed E-state index contributed by atoms with van der Waals surface area (Å²) in [5, 5.41) is 11.8. The minimum absolute atomic E-state index is 0.0119. The highest BCUT2D eigenvalue weighted by Crippen LogP contribution is 2.70. The third-order valence-electron chi connectivity index (χ3n) is 11.8. The van der Waals surface area contributed by atoms with Gasteiger partial charge in [-0.15, -0.1) is 0 Å². The van der Waals surface area contributed by atoms with E-state index < -0.39 is 29.5 Å². The van der Waals surface area contributed by atoms with Crippen molar-refractivity contribution in [2.24, 2.45) is 51.2 Å². The maximum absolute atomic E-state index is 14.1. The maximum Gasteiger partial charge on any atom is 0.405 e. The molecule has 0 aromatic heterocycles. The number of Topliss-reactive ketones (excluding diaryl/α,β-unsaturated/α-hetero) is 2. The zero-order valence-electron chi connectivity index (χ0n) is 22.8. The molecule has 208 valence electrons. The standard InChI is InChI=1S/C30H39F3N2O3/c1-26(2)9-10-29(25(38)35-16-30(31,32)33)8-6-19-24(20(29)14-26)22(37)12-23-27(19,3)7-5-18-11-21(36)17(15-34)13-28(18,23)4/h13,18-20,23-24H,5-12,14,16H2,1-4H3,(H,35,38). The van der Waals surface area contributed by atoms with Crippen LogP contribution in [-0.2, 0) is 14.4 Å². The summed E-state index contributed by atoms with van der Waals surface area (Å²) in [7, 11) is 0. The Hall–Kier alpha value is -2.17. The van der Waals surface area contributed by atoms with Crippen LogP contribution in [0.4, 0.5) is 13.2 Å². The van der Waals surface area contributed by atoms with E-state index in [1.807, 2.05) is 6.08 Å². The molecule has 0 aromatic carbocycles. The Bertz CT molecular complexity index is 1140. The Morgan fingerprint density at radius 2 is 1.76 bits per heavy atom. The van der Waals surface area contributed by atoms with Gasteiger partial charge in [-0.25, -0.2) is 0 Å². The van der Waals surface area contributed by atoms with Crippen LogP contribution in [0.3, 0.4) is 0 Å². The van der Waals surface area contributed by atoms with Crippen molar-refractivity contribution in [2.45, 2.75) is 91.7 Å². The summed E-state index contributed by atoms with van der Waals surface area (Å²) in [6.07, 6.45) is 2.75. The van der Waals surface area contributed by atoms with Crippen molar-refractivity contribution in [1.82, 2.24) is 5.32 Å². The van der Waals surface area contributed by atoms with Crippen molar-refractivity contribution in [1.29, 1.82) is 5.26 Å².